The Hall–Kier alpha value is -7.79. The SMILES string of the molecule is CN(C(=O)O)[C@H](C(=O)N1CCC[C@H]1c1nc2cc(F)c([C@H]3CC[C@H](c4cc5[nH]c([C@@H]6CCCN6C(=O)[C@H](C6CCCC6)N(C)C(=O)O)nc5cc4F)N3c3cc(F)c(N4CCN(c5ccc(C(F)(F)F)cc5)CC4)c(F)c3)cc2[nH]1)C1CCCC1. The summed E-state index contributed by atoms with van der Waals surface area (Å²) in [6.07, 6.45) is 2.21. The topological polar surface area (TPSA) is 189 Å². The Morgan fingerprint density at radius 3 is 1.36 bits per heavy atom. The summed E-state index contributed by atoms with van der Waals surface area (Å²) in [5.41, 5.74) is 0.973. The molecule has 2 aromatic heterocycles. The maximum absolute atomic E-state index is 17.1. The van der Waals surface area contributed by atoms with Gasteiger partial charge in [0.15, 0.2) is 11.6 Å². The summed E-state index contributed by atoms with van der Waals surface area (Å²) in [5.74, 6) is -3.38. The van der Waals surface area contributed by atoms with E-state index >= 15 is 17.6 Å². The first-order chi connectivity index (χ1) is 40.7. The Labute approximate surface area is 485 Å². The van der Waals surface area contributed by atoms with E-state index in [1.165, 1.54) is 43.3 Å². The summed E-state index contributed by atoms with van der Waals surface area (Å²) in [6.45, 7) is 1.47. The molecule has 0 radical (unpaired) electrons. The predicted octanol–water partition coefficient (Wildman–Crippen LogP) is 12.1. The van der Waals surface area contributed by atoms with Crippen molar-refractivity contribution in [1.29, 1.82) is 0 Å². The van der Waals surface area contributed by atoms with Crippen LogP contribution < -0.4 is 14.7 Å². The number of amides is 4. The van der Waals surface area contributed by atoms with Crippen molar-refractivity contribution in [3.05, 3.63) is 112 Å². The van der Waals surface area contributed by atoms with Gasteiger partial charge in [-0.2, -0.15) is 13.2 Å². The monoisotopic (exact) mass is 1180 g/mol. The number of likely N-dealkylation sites (tertiary alicyclic amines) is 2. The van der Waals surface area contributed by atoms with Gasteiger partial charge in [0.25, 0.3) is 0 Å². The van der Waals surface area contributed by atoms with Crippen LogP contribution in [0.2, 0.25) is 0 Å². The third-order valence-corrected chi connectivity index (χ3v) is 19.1. The average molecular weight is 1180 g/mol. The number of imidazole rings is 2. The fourth-order valence-electron chi connectivity index (χ4n) is 14.9. The van der Waals surface area contributed by atoms with E-state index in [2.05, 4.69) is 9.97 Å². The average Bonchev–Trinajstić information content (AvgIpc) is 2.13. The van der Waals surface area contributed by atoms with E-state index in [9.17, 15) is 42.6 Å². The number of alkyl halides is 3. The molecule has 0 unspecified atom stereocenters. The summed E-state index contributed by atoms with van der Waals surface area (Å²) in [4.78, 5) is 80.1. The second-order valence-electron chi connectivity index (χ2n) is 24.0. The van der Waals surface area contributed by atoms with Crippen LogP contribution in [0.25, 0.3) is 22.1 Å². The van der Waals surface area contributed by atoms with Crippen LogP contribution in [0.3, 0.4) is 0 Å². The highest BCUT2D eigenvalue weighted by Gasteiger charge is 2.46. The smallest absolute Gasteiger partial charge is 0.416 e. The molecule has 6 aliphatic rings. The number of piperazine rings is 1. The lowest BCUT2D eigenvalue weighted by Gasteiger charge is -2.38. The van der Waals surface area contributed by atoms with Crippen molar-refractivity contribution in [3.8, 4) is 0 Å². The van der Waals surface area contributed by atoms with Crippen LogP contribution in [0.4, 0.5) is 57.4 Å². The highest BCUT2D eigenvalue weighted by atomic mass is 19.4. The number of fused-ring (bicyclic) bond motifs is 2. The lowest BCUT2D eigenvalue weighted by atomic mass is 9.95. The fourth-order valence-corrected chi connectivity index (χ4v) is 14.9. The normalized spacial score (nSPS) is 22.4. The predicted molar refractivity (Wildman–Crippen MR) is 302 cm³/mol. The number of halogens is 7. The first kappa shape index (κ1) is 57.6. The first-order valence-electron chi connectivity index (χ1n) is 29.6. The zero-order valence-electron chi connectivity index (χ0n) is 47.2. The first-order valence-corrected chi connectivity index (χ1v) is 29.6. The quantitative estimate of drug-likeness (QED) is 0.0806. The van der Waals surface area contributed by atoms with E-state index in [0.717, 1.165) is 85.4 Å². The van der Waals surface area contributed by atoms with Crippen LogP contribution in [0, 0.1) is 35.1 Å². The molecule has 85 heavy (non-hydrogen) atoms. The fraction of sp³-hybridized carbons (Fsp3) is 0.508. The molecule has 2 saturated carbocycles. The maximum Gasteiger partial charge on any atom is 0.416 e. The van der Waals surface area contributed by atoms with E-state index in [1.54, 1.807) is 26.8 Å². The minimum absolute atomic E-state index is 0.00394. The van der Waals surface area contributed by atoms with Gasteiger partial charge in [0.1, 0.15) is 41.1 Å². The molecule has 0 bridgehead atoms. The Balaban J connectivity index is 0.873. The van der Waals surface area contributed by atoms with Gasteiger partial charge in [-0.1, -0.05) is 25.7 Å². The minimum Gasteiger partial charge on any atom is -0.465 e. The Bertz CT molecular complexity index is 3340. The van der Waals surface area contributed by atoms with Gasteiger partial charge >= 0.3 is 18.4 Å². The molecule has 6 fully saturated rings. The summed E-state index contributed by atoms with van der Waals surface area (Å²) in [7, 11) is 2.83. The number of carbonyl (C=O) groups excluding carboxylic acids is 2. The number of rotatable bonds is 13. The standard InChI is InChI=1S/C61H68F7N11O6/c1-73(59(82)83)52(33-9-3-4-10-33)57(80)77-21-7-13-50(77)55-69-44-29-38(40(62)31-46(44)71-55)48-19-20-49(79(48)37-27-42(64)54(43(65)28-37)76-25-23-75(24-26-76)36-17-15-35(16-18-36)61(66,67)68)39-30-45-47(32-41(39)63)72-56(70-45)51-14-8-22-78(51)58(81)53(74(2)60(84)85)34-11-5-6-12-34/h15-18,27-34,48-53H,3-14,19-26H2,1-2H3,(H,69,71)(H,70,72)(H,82,83)(H,84,85)/t48-,49-,50+,51+,52+,53+/m1/s1. The molecule has 6 aromatic rings. The van der Waals surface area contributed by atoms with Gasteiger partial charge < -0.3 is 44.7 Å². The molecule has 6 atom stereocenters. The summed E-state index contributed by atoms with van der Waals surface area (Å²) in [5, 5.41) is 20.0. The molecule has 0 spiro atoms. The van der Waals surface area contributed by atoms with Gasteiger partial charge in [-0.25, -0.2) is 37.1 Å². The zero-order valence-corrected chi connectivity index (χ0v) is 47.2. The number of hydrogen-bond acceptors (Lipinski definition) is 9. The van der Waals surface area contributed by atoms with Crippen LogP contribution in [-0.4, -0.2) is 139 Å². The van der Waals surface area contributed by atoms with E-state index in [-0.39, 0.29) is 96.2 Å². The number of H-pyrrole nitrogens is 2. The largest absolute Gasteiger partial charge is 0.465 e. The lowest BCUT2D eigenvalue weighted by molar-refractivity contribution is -0.139. The van der Waals surface area contributed by atoms with Gasteiger partial charge in [-0.15, -0.1) is 0 Å². The van der Waals surface area contributed by atoms with Crippen LogP contribution in [0.15, 0.2) is 60.7 Å². The second-order valence-corrected chi connectivity index (χ2v) is 24.0. The third-order valence-electron chi connectivity index (χ3n) is 19.1. The van der Waals surface area contributed by atoms with Crippen LogP contribution in [0.5, 0.6) is 0 Å². The van der Waals surface area contributed by atoms with Crippen molar-refractivity contribution in [2.45, 2.75) is 132 Å². The number of hydrogen-bond donors (Lipinski definition) is 4. The van der Waals surface area contributed by atoms with Crippen molar-refractivity contribution in [2.75, 3.05) is 68.1 Å². The van der Waals surface area contributed by atoms with Crippen LogP contribution in [0.1, 0.15) is 142 Å². The van der Waals surface area contributed by atoms with Crippen molar-refractivity contribution in [2.24, 2.45) is 11.8 Å². The lowest BCUT2D eigenvalue weighted by Crippen LogP contribution is -2.52. The molecule has 17 nitrogen and oxygen atoms in total. The molecular weight excluding hydrogens is 1120 g/mol. The zero-order chi connectivity index (χ0) is 59.7. The number of aromatic nitrogens is 4. The highest BCUT2D eigenvalue weighted by Crippen LogP contribution is 2.51. The molecule has 4 aromatic carbocycles. The van der Waals surface area contributed by atoms with Gasteiger partial charge in [0.2, 0.25) is 11.8 Å². The van der Waals surface area contributed by atoms with Crippen LogP contribution in [-0.2, 0) is 15.8 Å². The highest BCUT2D eigenvalue weighted by molar-refractivity contribution is 5.88. The number of aromatic amines is 2. The summed E-state index contributed by atoms with van der Waals surface area (Å²) in [6, 6.07) is 7.93. The molecule has 6 heterocycles. The maximum atomic E-state index is 17.1. The Kier molecular flexibility index (Phi) is 15.5. The number of nitrogens with zero attached hydrogens (tertiary/aromatic N) is 9. The third kappa shape index (κ3) is 10.8. The summed E-state index contributed by atoms with van der Waals surface area (Å²) < 4.78 is 108. The molecule has 12 rings (SSSR count). The second kappa shape index (κ2) is 22.9. The van der Waals surface area contributed by atoms with Crippen molar-refractivity contribution >= 4 is 63.1 Å². The molecule has 24 heteroatoms. The number of carbonyl (C=O) groups is 4. The van der Waals surface area contributed by atoms with E-state index in [4.69, 9.17) is 9.97 Å². The number of benzene rings is 4. The van der Waals surface area contributed by atoms with E-state index < -0.39 is 83.4 Å². The number of anilines is 3. The number of likely N-dealkylation sites (N-methyl/N-ethyl adjacent to an activating group) is 2. The van der Waals surface area contributed by atoms with Gasteiger partial charge in [-0.05, 0) is 125 Å². The molecule has 2 aliphatic carbocycles. The van der Waals surface area contributed by atoms with Gasteiger partial charge in [0, 0.05) is 88.0 Å². The van der Waals surface area contributed by atoms with Crippen LogP contribution >= 0.6 is 0 Å². The van der Waals surface area contributed by atoms with Crippen molar-refractivity contribution in [3.63, 3.8) is 0 Å². The molecule has 4 amide bonds. The number of carboxylic acid groups (broad SMARTS) is 2. The minimum atomic E-state index is -4.51. The van der Waals surface area contributed by atoms with E-state index in [0.29, 0.717) is 67.1 Å². The number of nitrogens with one attached hydrogen (secondary N) is 2. The van der Waals surface area contributed by atoms with Gasteiger partial charge in [0.05, 0.1) is 51.8 Å². The Morgan fingerprint density at radius 2 is 0.953 bits per heavy atom. The summed E-state index contributed by atoms with van der Waals surface area (Å²) >= 11 is 0. The van der Waals surface area contributed by atoms with E-state index in [1.807, 2.05) is 4.90 Å². The molecule has 4 N–H and O–H groups in total. The van der Waals surface area contributed by atoms with Crippen molar-refractivity contribution < 1.29 is 60.1 Å². The van der Waals surface area contributed by atoms with Crippen molar-refractivity contribution in [1.82, 2.24) is 39.5 Å². The molecule has 452 valence electrons. The Morgan fingerprint density at radius 1 is 0.529 bits per heavy atom. The molecular formula is C61H68F7N11O6. The molecule has 4 aliphatic heterocycles. The van der Waals surface area contributed by atoms with Gasteiger partial charge in [-0.3, -0.25) is 19.4 Å². The molecule has 4 saturated heterocycles.